The molecule has 16 heavy (non-hydrogen) atoms. The van der Waals surface area contributed by atoms with Crippen molar-refractivity contribution in [1.29, 1.82) is 0 Å². The molecule has 0 atom stereocenters. The Balaban J connectivity index is 2.01. The lowest BCUT2D eigenvalue weighted by atomic mass is 9.86. The van der Waals surface area contributed by atoms with Gasteiger partial charge in [0.1, 0.15) is 5.82 Å². The summed E-state index contributed by atoms with van der Waals surface area (Å²) in [6.45, 7) is 3.01. The molecule has 1 N–H and O–H groups in total. The van der Waals surface area contributed by atoms with Crippen molar-refractivity contribution >= 4 is 5.82 Å². The molecule has 3 nitrogen and oxygen atoms in total. The molecule has 1 fully saturated rings. The van der Waals surface area contributed by atoms with Gasteiger partial charge in [0.2, 0.25) is 0 Å². The Morgan fingerprint density at radius 2 is 1.94 bits per heavy atom. The van der Waals surface area contributed by atoms with Gasteiger partial charge in [-0.25, -0.2) is 4.98 Å². The summed E-state index contributed by atoms with van der Waals surface area (Å²) in [5, 5.41) is 3.29. The fraction of sp³-hybridized carbons (Fsp3) is 0.692. The molecular weight excluding hydrogens is 198 g/mol. The fourth-order valence-corrected chi connectivity index (χ4v) is 2.50. The molecule has 0 unspecified atom stereocenters. The van der Waals surface area contributed by atoms with Crippen LogP contribution in [0, 0.1) is 5.92 Å². The van der Waals surface area contributed by atoms with Crippen LogP contribution >= 0.6 is 0 Å². The first-order chi connectivity index (χ1) is 7.90. The Labute approximate surface area is 97.7 Å². The van der Waals surface area contributed by atoms with E-state index < -0.39 is 0 Å². The van der Waals surface area contributed by atoms with Crippen LogP contribution in [0.4, 0.5) is 5.82 Å². The number of hydrogen-bond acceptors (Lipinski definition) is 3. The molecule has 0 amide bonds. The van der Waals surface area contributed by atoms with E-state index in [0.717, 1.165) is 30.4 Å². The van der Waals surface area contributed by atoms with Crippen molar-refractivity contribution in [2.24, 2.45) is 5.92 Å². The van der Waals surface area contributed by atoms with E-state index in [1.807, 2.05) is 0 Å². The minimum atomic E-state index is 0.822. The van der Waals surface area contributed by atoms with Gasteiger partial charge in [0.15, 0.2) is 0 Å². The Hall–Kier alpha value is -1.12. The first kappa shape index (κ1) is 11.4. The maximum atomic E-state index is 4.47. The second-order valence-electron chi connectivity index (χ2n) is 4.59. The van der Waals surface area contributed by atoms with Gasteiger partial charge in [-0.2, -0.15) is 0 Å². The quantitative estimate of drug-likeness (QED) is 0.845. The molecule has 0 bridgehead atoms. The third kappa shape index (κ3) is 2.94. The third-order valence-corrected chi connectivity index (χ3v) is 3.33. The predicted octanol–water partition coefficient (Wildman–Crippen LogP) is 3.03. The van der Waals surface area contributed by atoms with Crippen LogP contribution in [-0.2, 0) is 6.42 Å². The molecule has 1 heterocycles. The van der Waals surface area contributed by atoms with E-state index in [4.69, 9.17) is 0 Å². The van der Waals surface area contributed by atoms with E-state index >= 15 is 0 Å². The van der Waals surface area contributed by atoms with Crippen molar-refractivity contribution in [3.05, 3.63) is 18.1 Å². The van der Waals surface area contributed by atoms with Gasteiger partial charge in [-0.3, -0.25) is 4.98 Å². The van der Waals surface area contributed by atoms with Crippen LogP contribution in [0.1, 0.15) is 44.7 Å². The average Bonchev–Trinajstić information content (AvgIpc) is 2.33. The molecule has 1 aliphatic rings. The van der Waals surface area contributed by atoms with Gasteiger partial charge in [0.05, 0.1) is 5.69 Å². The van der Waals surface area contributed by atoms with Crippen LogP contribution in [0.25, 0.3) is 0 Å². The summed E-state index contributed by atoms with van der Waals surface area (Å²) in [6, 6.07) is 0. The fourth-order valence-electron chi connectivity index (χ4n) is 2.50. The van der Waals surface area contributed by atoms with Crippen molar-refractivity contribution in [1.82, 2.24) is 9.97 Å². The summed E-state index contributed by atoms with van der Waals surface area (Å²) < 4.78 is 0. The molecular formula is C13H21N3. The van der Waals surface area contributed by atoms with Crippen molar-refractivity contribution in [2.75, 3.05) is 11.9 Å². The summed E-state index contributed by atoms with van der Waals surface area (Å²) in [5.74, 6) is 1.80. The highest BCUT2D eigenvalue weighted by Crippen LogP contribution is 2.27. The first-order valence-corrected chi connectivity index (χ1v) is 6.44. The van der Waals surface area contributed by atoms with Crippen LogP contribution < -0.4 is 5.32 Å². The van der Waals surface area contributed by atoms with E-state index in [-0.39, 0.29) is 0 Å². The molecule has 1 aromatic heterocycles. The molecule has 1 aromatic rings. The Bertz CT molecular complexity index is 319. The zero-order chi connectivity index (χ0) is 11.2. The van der Waals surface area contributed by atoms with Gasteiger partial charge in [-0.05, 0) is 19.3 Å². The Morgan fingerprint density at radius 3 is 2.69 bits per heavy atom. The lowest BCUT2D eigenvalue weighted by Gasteiger charge is -2.21. The normalized spacial score (nSPS) is 17.3. The highest BCUT2D eigenvalue weighted by Gasteiger charge is 2.16. The molecule has 88 valence electrons. The number of hydrogen-bond donors (Lipinski definition) is 1. The van der Waals surface area contributed by atoms with Crippen LogP contribution in [0.15, 0.2) is 12.4 Å². The minimum absolute atomic E-state index is 0.822. The molecule has 0 aromatic carbocycles. The molecule has 0 aliphatic heterocycles. The van der Waals surface area contributed by atoms with Crippen LogP contribution in [0.3, 0.4) is 0 Å². The largest absolute Gasteiger partial charge is 0.369 e. The number of aromatic nitrogens is 2. The number of rotatable bonds is 4. The van der Waals surface area contributed by atoms with Gasteiger partial charge in [-0.1, -0.05) is 32.1 Å². The zero-order valence-corrected chi connectivity index (χ0v) is 10.1. The highest BCUT2D eigenvalue weighted by atomic mass is 15.0. The van der Waals surface area contributed by atoms with Crippen molar-refractivity contribution in [3.8, 4) is 0 Å². The first-order valence-electron chi connectivity index (χ1n) is 6.44. The lowest BCUT2D eigenvalue weighted by Crippen LogP contribution is -2.13. The molecule has 3 heteroatoms. The number of nitrogens with one attached hydrogen (secondary N) is 1. The van der Waals surface area contributed by atoms with E-state index in [9.17, 15) is 0 Å². The van der Waals surface area contributed by atoms with E-state index in [1.54, 1.807) is 12.4 Å². The Morgan fingerprint density at radius 1 is 1.19 bits per heavy atom. The third-order valence-electron chi connectivity index (χ3n) is 3.33. The van der Waals surface area contributed by atoms with Crippen LogP contribution in [0.2, 0.25) is 0 Å². The molecule has 0 saturated heterocycles. The van der Waals surface area contributed by atoms with Gasteiger partial charge in [-0.15, -0.1) is 0 Å². The van der Waals surface area contributed by atoms with Crippen LogP contribution in [0.5, 0.6) is 0 Å². The Kier molecular flexibility index (Phi) is 4.14. The smallest absolute Gasteiger partial charge is 0.147 e. The van der Waals surface area contributed by atoms with Crippen molar-refractivity contribution in [3.63, 3.8) is 0 Å². The standard InChI is InChI=1S/C13H21N3/c1-2-14-13-12(15-8-9-16-13)10-11-6-4-3-5-7-11/h8-9,11H,2-7,10H2,1H3,(H,14,16). The average molecular weight is 219 g/mol. The van der Waals surface area contributed by atoms with E-state index in [0.29, 0.717) is 0 Å². The van der Waals surface area contributed by atoms with Crippen molar-refractivity contribution in [2.45, 2.75) is 45.4 Å². The SMILES string of the molecule is CCNc1nccnc1CC1CCCCC1. The van der Waals surface area contributed by atoms with E-state index in [2.05, 4.69) is 22.2 Å². The molecule has 0 radical (unpaired) electrons. The summed E-state index contributed by atoms with van der Waals surface area (Å²) in [4.78, 5) is 8.83. The highest BCUT2D eigenvalue weighted by molar-refractivity contribution is 5.39. The van der Waals surface area contributed by atoms with Gasteiger partial charge < -0.3 is 5.32 Å². The predicted molar refractivity (Wildman–Crippen MR) is 66.5 cm³/mol. The summed E-state index contributed by atoms with van der Waals surface area (Å²) in [6.07, 6.45) is 11.6. The maximum Gasteiger partial charge on any atom is 0.147 e. The molecule has 1 saturated carbocycles. The lowest BCUT2D eigenvalue weighted by molar-refractivity contribution is 0.354. The van der Waals surface area contributed by atoms with Crippen LogP contribution in [-0.4, -0.2) is 16.5 Å². The zero-order valence-electron chi connectivity index (χ0n) is 10.1. The summed E-state index contributed by atoms with van der Waals surface area (Å²) >= 11 is 0. The van der Waals surface area contributed by atoms with Gasteiger partial charge in [0, 0.05) is 18.9 Å². The molecule has 1 aliphatic carbocycles. The molecule has 0 spiro atoms. The summed E-state index contributed by atoms with van der Waals surface area (Å²) in [7, 11) is 0. The number of anilines is 1. The minimum Gasteiger partial charge on any atom is -0.369 e. The molecule has 2 rings (SSSR count). The maximum absolute atomic E-state index is 4.47. The monoisotopic (exact) mass is 219 g/mol. The topological polar surface area (TPSA) is 37.8 Å². The summed E-state index contributed by atoms with van der Waals surface area (Å²) in [5.41, 5.74) is 1.15. The second-order valence-corrected chi connectivity index (χ2v) is 4.59. The number of nitrogens with zero attached hydrogens (tertiary/aromatic N) is 2. The van der Waals surface area contributed by atoms with Gasteiger partial charge in [0.25, 0.3) is 0 Å². The van der Waals surface area contributed by atoms with Gasteiger partial charge >= 0.3 is 0 Å². The van der Waals surface area contributed by atoms with Crippen molar-refractivity contribution < 1.29 is 0 Å². The van der Waals surface area contributed by atoms with E-state index in [1.165, 1.54) is 32.1 Å². The second kappa shape index (κ2) is 5.83.